The van der Waals surface area contributed by atoms with Crippen LogP contribution < -0.4 is 5.56 Å². The van der Waals surface area contributed by atoms with Crippen molar-refractivity contribution in [2.24, 2.45) is 0 Å². The zero-order valence-corrected chi connectivity index (χ0v) is 16.9. The summed E-state index contributed by atoms with van der Waals surface area (Å²) < 4.78 is 52.9. The summed E-state index contributed by atoms with van der Waals surface area (Å²) in [5.41, 5.74) is 0.725. The Morgan fingerprint density at radius 2 is 1.78 bits per heavy atom. The van der Waals surface area contributed by atoms with Crippen LogP contribution in [0.25, 0.3) is 33.4 Å². The first kappa shape index (κ1) is 21.9. The van der Waals surface area contributed by atoms with E-state index in [1.54, 1.807) is 30.3 Å². The summed E-state index contributed by atoms with van der Waals surface area (Å²) in [5.74, 6) is -0.531. The molecule has 0 bridgehead atoms. The monoisotopic (exact) mass is 463 g/mol. The molecular weight excluding hydrogens is 450 g/mol. The summed E-state index contributed by atoms with van der Waals surface area (Å²) >= 11 is 5.93. The van der Waals surface area contributed by atoms with Gasteiger partial charge >= 0.3 is 6.18 Å². The van der Waals surface area contributed by atoms with Gasteiger partial charge in [0.1, 0.15) is 11.3 Å². The molecule has 0 aliphatic heterocycles. The minimum atomic E-state index is -4.90. The molecule has 5 nitrogen and oxygen atoms in total. The minimum Gasteiger partial charge on any atom is -0.382 e. The standard InChI is InChI=1S/C22H14ClF4N3O2/c23-14-6-4-12(5-7-14)17-9-16-20(19(29-17)13-2-1-3-15(24)8-13)28-11-30(21(16)32)10-18(31)22(25,26)27/h1-9,11,18,31H,10H2/t18-/m1/s1. The molecule has 164 valence electrons. The lowest BCUT2D eigenvalue weighted by Crippen LogP contribution is -2.36. The molecule has 0 aliphatic rings. The highest BCUT2D eigenvalue weighted by Gasteiger charge is 2.38. The Balaban J connectivity index is 1.96. The molecule has 0 saturated carbocycles. The molecule has 0 amide bonds. The second kappa shape index (κ2) is 8.33. The first-order valence-corrected chi connectivity index (χ1v) is 9.68. The first-order valence-electron chi connectivity index (χ1n) is 9.30. The van der Waals surface area contributed by atoms with Gasteiger partial charge in [0.15, 0.2) is 6.10 Å². The van der Waals surface area contributed by atoms with Gasteiger partial charge in [-0.2, -0.15) is 13.2 Å². The molecule has 2 heterocycles. The number of hydrogen-bond donors (Lipinski definition) is 1. The van der Waals surface area contributed by atoms with Crippen LogP contribution in [0.1, 0.15) is 0 Å². The van der Waals surface area contributed by atoms with Crippen LogP contribution in [0.3, 0.4) is 0 Å². The highest BCUT2D eigenvalue weighted by molar-refractivity contribution is 6.30. The van der Waals surface area contributed by atoms with Gasteiger partial charge in [-0.05, 0) is 30.3 Å². The van der Waals surface area contributed by atoms with Crippen LogP contribution in [-0.4, -0.2) is 31.9 Å². The quantitative estimate of drug-likeness (QED) is 0.440. The fraction of sp³-hybridized carbons (Fsp3) is 0.136. The lowest BCUT2D eigenvalue weighted by Gasteiger charge is -2.16. The Morgan fingerprint density at radius 1 is 1.06 bits per heavy atom. The number of benzene rings is 2. The van der Waals surface area contributed by atoms with Crippen molar-refractivity contribution in [2.75, 3.05) is 0 Å². The zero-order valence-electron chi connectivity index (χ0n) is 16.1. The van der Waals surface area contributed by atoms with Crippen molar-refractivity contribution in [1.82, 2.24) is 14.5 Å². The molecule has 1 atom stereocenters. The van der Waals surface area contributed by atoms with E-state index in [4.69, 9.17) is 11.6 Å². The number of halogens is 5. The number of fused-ring (bicyclic) bond motifs is 1. The fourth-order valence-electron chi connectivity index (χ4n) is 3.19. The van der Waals surface area contributed by atoms with Crippen LogP contribution in [0, 0.1) is 5.82 Å². The van der Waals surface area contributed by atoms with Crippen LogP contribution in [0.2, 0.25) is 5.02 Å². The number of aromatic nitrogens is 3. The predicted octanol–water partition coefficient (Wildman–Crippen LogP) is 4.84. The van der Waals surface area contributed by atoms with E-state index in [2.05, 4.69) is 9.97 Å². The van der Waals surface area contributed by atoms with Crippen molar-refractivity contribution in [2.45, 2.75) is 18.8 Å². The Labute approximate surface area is 183 Å². The van der Waals surface area contributed by atoms with Gasteiger partial charge in [0.25, 0.3) is 5.56 Å². The Kier molecular flexibility index (Phi) is 5.70. The van der Waals surface area contributed by atoms with Crippen LogP contribution in [0.4, 0.5) is 17.6 Å². The Morgan fingerprint density at radius 3 is 2.44 bits per heavy atom. The molecule has 4 aromatic rings. The van der Waals surface area contributed by atoms with Crippen LogP contribution in [-0.2, 0) is 6.54 Å². The van der Waals surface area contributed by atoms with E-state index in [0.717, 1.165) is 6.33 Å². The molecule has 2 aromatic carbocycles. The van der Waals surface area contributed by atoms with Crippen LogP contribution in [0.5, 0.6) is 0 Å². The summed E-state index contributed by atoms with van der Waals surface area (Å²) in [7, 11) is 0. The van der Waals surface area contributed by atoms with Crippen molar-refractivity contribution < 1.29 is 22.7 Å². The molecule has 4 rings (SSSR count). The molecule has 0 radical (unpaired) electrons. The van der Waals surface area contributed by atoms with Gasteiger partial charge in [-0.15, -0.1) is 0 Å². The number of aliphatic hydroxyl groups is 1. The number of rotatable bonds is 4. The average Bonchev–Trinajstić information content (AvgIpc) is 2.75. The van der Waals surface area contributed by atoms with Gasteiger partial charge in [-0.3, -0.25) is 9.36 Å². The maximum absolute atomic E-state index is 13.9. The summed E-state index contributed by atoms with van der Waals surface area (Å²) in [6.45, 7) is -1.01. The predicted molar refractivity (Wildman–Crippen MR) is 112 cm³/mol. The van der Waals surface area contributed by atoms with Gasteiger partial charge in [0.2, 0.25) is 0 Å². The number of nitrogens with zero attached hydrogens (tertiary/aromatic N) is 3. The zero-order chi connectivity index (χ0) is 23.0. The van der Waals surface area contributed by atoms with E-state index >= 15 is 0 Å². The minimum absolute atomic E-state index is 0.0268. The number of aliphatic hydroxyl groups excluding tert-OH is 1. The maximum Gasteiger partial charge on any atom is 0.416 e. The number of alkyl halides is 3. The van der Waals surface area contributed by atoms with Crippen molar-refractivity contribution >= 4 is 22.5 Å². The Bertz CT molecular complexity index is 1350. The second-order valence-corrected chi connectivity index (χ2v) is 7.47. The smallest absolute Gasteiger partial charge is 0.382 e. The van der Waals surface area contributed by atoms with E-state index in [-0.39, 0.29) is 16.6 Å². The summed E-state index contributed by atoms with van der Waals surface area (Å²) in [6, 6.07) is 13.5. The van der Waals surface area contributed by atoms with E-state index in [9.17, 15) is 27.5 Å². The second-order valence-electron chi connectivity index (χ2n) is 7.03. The van der Waals surface area contributed by atoms with Gasteiger partial charge in [-0.1, -0.05) is 35.9 Å². The van der Waals surface area contributed by atoms with E-state index < -0.39 is 30.2 Å². The first-order chi connectivity index (χ1) is 15.1. The maximum atomic E-state index is 13.9. The molecule has 0 aliphatic carbocycles. The normalized spacial score (nSPS) is 12.8. The van der Waals surface area contributed by atoms with Gasteiger partial charge in [-0.25, -0.2) is 14.4 Å². The molecule has 0 saturated heterocycles. The van der Waals surface area contributed by atoms with Gasteiger partial charge in [0, 0.05) is 16.1 Å². The van der Waals surface area contributed by atoms with Gasteiger partial charge in [0.05, 0.1) is 29.6 Å². The molecule has 0 fully saturated rings. The summed E-state index contributed by atoms with van der Waals surface area (Å²) in [4.78, 5) is 21.6. The van der Waals surface area contributed by atoms with E-state index in [1.807, 2.05) is 0 Å². The van der Waals surface area contributed by atoms with Crippen molar-refractivity contribution in [1.29, 1.82) is 0 Å². The molecule has 10 heteroatoms. The molecule has 0 unspecified atom stereocenters. The SMILES string of the molecule is O=c1c2cc(-c3ccc(Cl)cc3)nc(-c3cccc(F)c3)c2ncn1C[C@@H](O)C(F)(F)F. The summed E-state index contributed by atoms with van der Waals surface area (Å²) in [6.07, 6.45) is -6.72. The van der Waals surface area contributed by atoms with E-state index in [0.29, 0.717) is 26.4 Å². The van der Waals surface area contributed by atoms with Crippen LogP contribution >= 0.6 is 11.6 Å². The largest absolute Gasteiger partial charge is 0.416 e. The van der Waals surface area contributed by atoms with Crippen molar-refractivity contribution in [3.8, 4) is 22.5 Å². The third-order valence-corrected chi connectivity index (χ3v) is 5.05. The topological polar surface area (TPSA) is 68.0 Å². The highest BCUT2D eigenvalue weighted by atomic mass is 35.5. The fourth-order valence-corrected chi connectivity index (χ4v) is 3.32. The molecule has 0 spiro atoms. The number of hydrogen-bond acceptors (Lipinski definition) is 4. The molecular formula is C22H14ClF4N3O2. The number of pyridine rings is 1. The van der Waals surface area contributed by atoms with Crippen molar-refractivity contribution in [3.63, 3.8) is 0 Å². The van der Waals surface area contributed by atoms with Crippen LogP contribution in [0.15, 0.2) is 65.7 Å². The lowest BCUT2D eigenvalue weighted by atomic mass is 10.0. The third-order valence-electron chi connectivity index (χ3n) is 4.80. The Hall–Kier alpha value is -3.30. The molecule has 2 aromatic heterocycles. The third kappa shape index (κ3) is 4.35. The average molecular weight is 464 g/mol. The highest BCUT2D eigenvalue weighted by Crippen LogP contribution is 2.30. The molecule has 1 N–H and O–H groups in total. The summed E-state index contributed by atoms with van der Waals surface area (Å²) in [5, 5.41) is 9.83. The van der Waals surface area contributed by atoms with Crippen molar-refractivity contribution in [3.05, 3.63) is 82.1 Å². The molecule has 32 heavy (non-hydrogen) atoms. The lowest BCUT2D eigenvalue weighted by molar-refractivity contribution is -0.207. The van der Waals surface area contributed by atoms with Gasteiger partial charge < -0.3 is 5.11 Å². The van der Waals surface area contributed by atoms with E-state index in [1.165, 1.54) is 24.3 Å².